The van der Waals surface area contributed by atoms with Gasteiger partial charge in [0, 0.05) is 34.8 Å². The molecule has 5 nitrogen and oxygen atoms in total. The molecular weight excluding hydrogens is 601 g/mol. The highest BCUT2D eigenvalue weighted by molar-refractivity contribution is 6.07. The van der Waals surface area contributed by atoms with Crippen molar-refractivity contribution in [1.29, 1.82) is 0 Å². The number of rotatable bonds is 5. The van der Waals surface area contributed by atoms with Crippen LogP contribution in [0.3, 0.4) is 0 Å². The molecule has 1 aliphatic heterocycles. The second kappa shape index (κ2) is 11.6. The molecule has 8 rings (SSSR count). The fraction of sp³-hybridized carbons (Fsp3) is 0.205. The Labute approximate surface area is 289 Å². The number of para-hydroxylation sites is 4. The van der Waals surface area contributed by atoms with Crippen molar-refractivity contribution in [3.8, 4) is 17.2 Å². The van der Waals surface area contributed by atoms with E-state index < -0.39 is 0 Å². The monoisotopic (exact) mass is 642 g/mol. The number of hydrogen-bond donors (Lipinski definition) is 0. The van der Waals surface area contributed by atoms with Crippen LogP contribution in [0, 0.1) is 0 Å². The van der Waals surface area contributed by atoms with E-state index in [2.05, 4.69) is 159 Å². The Balaban J connectivity index is 1.15. The van der Waals surface area contributed by atoms with Crippen molar-refractivity contribution in [2.75, 3.05) is 16.5 Å². The summed E-state index contributed by atoms with van der Waals surface area (Å²) in [5.74, 6) is 1.56. The number of benzene rings is 5. The fourth-order valence-electron chi connectivity index (χ4n) is 7.27. The smallest absolute Gasteiger partial charge is 0.145 e. The molecule has 0 unspecified atom stereocenters. The molecular formula is C44H42N4O. The lowest BCUT2D eigenvalue weighted by Gasteiger charge is -2.35. The van der Waals surface area contributed by atoms with Crippen molar-refractivity contribution in [2.24, 2.45) is 0 Å². The molecule has 5 aromatic carbocycles. The van der Waals surface area contributed by atoms with E-state index in [1.165, 1.54) is 33.6 Å². The zero-order valence-corrected chi connectivity index (χ0v) is 29.1. The molecule has 7 aromatic rings. The average molecular weight is 643 g/mol. The molecule has 2 aromatic heterocycles. The summed E-state index contributed by atoms with van der Waals surface area (Å²) in [6.07, 6.45) is 1.85. The van der Waals surface area contributed by atoms with Gasteiger partial charge in [-0.05, 0) is 76.6 Å². The van der Waals surface area contributed by atoms with Crippen LogP contribution in [-0.4, -0.2) is 16.2 Å². The quantitative estimate of drug-likeness (QED) is 0.187. The molecule has 0 amide bonds. The lowest BCUT2D eigenvalue weighted by Crippen LogP contribution is -2.29. The van der Waals surface area contributed by atoms with Crippen LogP contribution in [0.4, 0.5) is 22.7 Å². The highest BCUT2D eigenvalue weighted by Gasteiger charge is 2.35. The predicted molar refractivity (Wildman–Crippen MR) is 205 cm³/mol. The minimum atomic E-state index is -0.0173. The Hall–Kier alpha value is -5.55. The molecule has 3 heterocycles. The van der Waals surface area contributed by atoms with E-state index in [9.17, 15) is 0 Å². The zero-order valence-electron chi connectivity index (χ0n) is 29.1. The first kappa shape index (κ1) is 30.8. The summed E-state index contributed by atoms with van der Waals surface area (Å²) in [7, 11) is 0. The molecule has 0 aliphatic carbocycles. The SMILES string of the molecule is CC(C)(C)c1cccc(C(C)(C)C)c1N1CN(c2cccc(Oc3cccc(-n4c5ccccc5c5cccnc54)c3)c2)c2ccccc21. The first-order valence-electron chi connectivity index (χ1n) is 17.1. The largest absolute Gasteiger partial charge is 0.457 e. The maximum absolute atomic E-state index is 6.59. The minimum absolute atomic E-state index is 0.0173. The molecule has 0 fully saturated rings. The third-order valence-electron chi connectivity index (χ3n) is 9.54. The molecule has 0 bridgehead atoms. The molecule has 1 aliphatic rings. The molecule has 5 heteroatoms. The molecule has 244 valence electrons. The van der Waals surface area contributed by atoms with Gasteiger partial charge >= 0.3 is 0 Å². The summed E-state index contributed by atoms with van der Waals surface area (Å²) >= 11 is 0. The Morgan fingerprint density at radius 3 is 1.82 bits per heavy atom. The van der Waals surface area contributed by atoms with Gasteiger partial charge in [0.2, 0.25) is 0 Å². The number of fused-ring (bicyclic) bond motifs is 4. The van der Waals surface area contributed by atoms with E-state index >= 15 is 0 Å². The lowest BCUT2D eigenvalue weighted by molar-refractivity contribution is 0.482. The summed E-state index contributed by atoms with van der Waals surface area (Å²) in [5.41, 5.74) is 10.5. The van der Waals surface area contributed by atoms with E-state index in [0.717, 1.165) is 39.4 Å². The van der Waals surface area contributed by atoms with Gasteiger partial charge in [0.05, 0.1) is 28.3 Å². The van der Waals surface area contributed by atoms with E-state index in [-0.39, 0.29) is 10.8 Å². The van der Waals surface area contributed by atoms with Crippen LogP contribution in [0.15, 0.2) is 134 Å². The molecule has 0 radical (unpaired) electrons. The van der Waals surface area contributed by atoms with Crippen molar-refractivity contribution >= 4 is 44.7 Å². The van der Waals surface area contributed by atoms with Crippen LogP contribution >= 0.6 is 0 Å². The van der Waals surface area contributed by atoms with Crippen LogP contribution in [0.5, 0.6) is 11.5 Å². The van der Waals surface area contributed by atoms with E-state index in [1.807, 2.05) is 30.5 Å². The van der Waals surface area contributed by atoms with Gasteiger partial charge in [-0.15, -0.1) is 0 Å². The summed E-state index contributed by atoms with van der Waals surface area (Å²) in [6.45, 7) is 14.6. The Morgan fingerprint density at radius 2 is 1.12 bits per heavy atom. The van der Waals surface area contributed by atoms with Crippen LogP contribution in [0.2, 0.25) is 0 Å². The van der Waals surface area contributed by atoms with Crippen LogP contribution in [0.1, 0.15) is 52.7 Å². The molecule has 0 N–H and O–H groups in total. The van der Waals surface area contributed by atoms with Gasteiger partial charge in [-0.3, -0.25) is 4.57 Å². The van der Waals surface area contributed by atoms with Gasteiger partial charge in [0.25, 0.3) is 0 Å². The molecule has 0 saturated heterocycles. The topological polar surface area (TPSA) is 33.5 Å². The van der Waals surface area contributed by atoms with Crippen molar-refractivity contribution in [3.63, 3.8) is 0 Å². The van der Waals surface area contributed by atoms with Gasteiger partial charge < -0.3 is 14.5 Å². The summed E-state index contributed by atoms with van der Waals surface area (Å²) < 4.78 is 8.81. The Morgan fingerprint density at radius 1 is 0.551 bits per heavy atom. The van der Waals surface area contributed by atoms with E-state index in [0.29, 0.717) is 6.67 Å². The highest BCUT2D eigenvalue weighted by atomic mass is 16.5. The number of pyridine rings is 1. The maximum atomic E-state index is 6.59. The first-order chi connectivity index (χ1) is 23.6. The van der Waals surface area contributed by atoms with Gasteiger partial charge in [-0.2, -0.15) is 0 Å². The standard InChI is InChI=1S/C44H42N4O/c1-43(2,3)36-21-13-22-37(44(4,5)6)41(36)47-29-46(39-24-9-10-25-40(39)47)30-15-11-17-32(27-30)49-33-18-12-16-31(28-33)48-38-23-8-7-19-34(38)35-20-14-26-45-42(35)48/h7-28H,29H2,1-6H3. The summed E-state index contributed by atoms with van der Waals surface area (Å²) in [4.78, 5) is 9.66. The second-order valence-corrected chi connectivity index (χ2v) is 15.0. The minimum Gasteiger partial charge on any atom is -0.457 e. The van der Waals surface area contributed by atoms with Crippen molar-refractivity contribution < 1.29 is 4.74 Å². The van der Waals surface area contributed by atoms with Crippen molar-refractivity contribution in [3.05, 3.63) is 145 Å². The number of anilines is 4. The van der Waals surface area contributed by atoms with Gasteiger partial charge in [-0.1, -0.05) is 102 Å². The summed E-state index contributed by atoms with van der Waals surface area (Å²) in [6, 6.07) is 44.9. The third kappa shape index (κ3) is 5.40. The maximum Gasteiger partial charge on any atom is 0.145 e. The zero-order chi connectivity index (χ0) is 33.9. The Kier molecular flexibility index (Phi) is 7.25. The van der Waals surface area contributed by atoms with Crippen molar-refractivity contribution in [1.82, 2.24) is 9.55 Å². The number of aromatic nitrogens is 2. The summed E-state index contributed by atoms with van der Waals surface area (Å²) in [5, 5.41) is 2.32. The molecule has 0 saturated carbocycles. The van der Waals surface area contributed by atoms with Gasteiger partial charge in [0.1, 0.15) is 23.8 Å². The van der Waals surface area contributed by atoms with Crippen molar-refractivity contribution in [2.45, 2.75) is 52.4 Å². The third-order valence-corrected chi connectivity index (χ3v) is 9.54. The normalized spacial score (nSPS) is 13.3. The fourth-order valence-corrected chi connectivity index (χ4v) is 7.27. The molecule has 49 heavy (non-hydrogen) atoms. The molecule has 0 atom stereocenters. The van der Waals surface area contributed by atoms with E-state index in [4.69, 9.17) is 9.72 Å². The van der Waals surface area contributed by atoms with E-state index in [1.54, 1.807) is 0 Å². The van der Waals surface area contributed by atoms with Gasteiger partial charge in [0.15, 0.2) is 0 Å². The highest BCUT2D eigenvalue weighted by Crippen LogP contribution is 2.50. The average Bonchev–Trinajstić information content (AvgIpc) is 3.64. The first-order valence-corrected chi connectivity index (χ1v) is 17.1. The number of nitrogens with zero attached hydrogens (tertiary/aromatic N) is 4. The Bertz CT molecular complexity index is 2250. The lowest BCUT2D eigenvalue weighted by atomic mass is 9.78. The van der Waals surface area contributed by atoms with Crippen LogP contribution < -0.4 is 14.5 Å². The number of hydrogen-bond acceptors (Lipinski definition) is 4. The number of ether oxygens (including phenoxy) is 1. The van der Waals surface area contributed by atoms with Crippen LogP contribution in [0.25, 0.3) is 27.6 Å². The predicted octanol–water partition coefficient (Wildman–Crippen LogP) is 11.8. The molecule has 0 spiro atoms. The second-order valence-electron chi connectivity index (χ2n) is 15.0. The van der Waals surface area contributed by atoms with Crippen LogP contribution in [-0.2, 0) is 10.8 Å². The van der Waals surface area contributed by atoms with Gasteiger partial charge in [-0.25, -0.2) is 4.98 Å².